The summed E-state index contributed by atoms with van der Waals surface area (Å²) in [6, 6.07) is 22.4. The molecule has 0 N–H and O–H groups in total. The molecular weight excluding hydrogens is 436 g/mol. The van der Waals surface area contributed by atoms with Crippen molar-refractivity contribution in [2.75, 3.05) is 7.11 Å². The summed E-state index contributed by atoms with van der Waals surface area (Å²) in [6.45, 7) is 1.70. The minimum Gasteiger partial charge on any atom is -0.465 e. The second kappa shape index (κ2) is 9.67. The fraction of sp³-hybridized carbons (Fsp3) is 0.250. The van der Waals surface area contributed by atoms with Gasteiger partial charge in [0.25, 0.3) is 0 Å². The first-order chi connectivity index (χ1) is 16.3. The number of aryl methyl sites for hydroxylation is 1. The van der Waals surface area contributed by atoms with Crippen LogP contribution in [0.2, 0.25) is 0 Å². The van der Waals surface area contributed by atoms with Gasteiger partial charge in [-0.25, -0.2) is 4.79 Å². The normalized spacial score (nSPS) is 11.6. The number of carbonyl (C=O) groups excluding carboxylic acids is 1. The average Bonchev–Trinajstić information content (AvgIpc) is 3.09. The predicted octanol–water partition coefficient (Wildman–Crippen LogP) is 6.99. The molecule has 0 fully saturated rings. The van der Waals surface area contributed by atoms with Crippen molar-refractivity contribution in [2.24, 2.45) is 7.05 Å². The minimum absolute atomic E-state index is 0.130. The standard InChI is InChI=1S/C28H27F2NO3/c1-4-15-28(29,30)34-22-13-14-23-24(17-19-9-8-12-21(16-19)27(32)33-3)26(31(2)25(23)18-22)20-10-6-5-7-11-20/h5-14,16,18H,4,15,17H2,1-3H3. The molecule has 0 spiro atoms. The third-order valence-corrected chi connectivity index (χ3v) is 5.86. The van der Waals surface area contributed by atoms with Crippen molar-refractivity contribution in [3.05, 3.63) is 89.5 Å². The number of rotatable bonds is 8. The number of nitrogens with zero attached hydrogens (tertiary/aromatic N) is 1. The van der Waals surface area contributed by atoms with Crippen LogP contribution >= 0.6 is 0 Å². The van der Waals surface area contributed by atoms with Crippen molar-refractivity contribution in [2.45, 2.75) is 32.3 Å². The van der Waals surface area contributed by atoms with Gasteiger partial charge in [0.15, 0.2) is 0 Å². The molecule has 0 bridgehead atoms. The van der Waals surface area contributed by atoms with Gasteiger partial charge in [0.2, 0.25) is 0 Å². The number of halogens is 2. The number of benzene rings is 3. The summed E-state index contributed by atoms with van der Waals surface area (Å²) in [5, 5.41) is 0.941. The van der Waals surface area contributed by atoms with Gasteiger partial charge in [-0.1, -0.05) is 49.4 Å². The Balaban J connectivity index is 1.83. The number of alkyl halides is 2. The molecule has 0 saturated carbocycles. The van der Waals surface area contributed by atoms with Crippen molar-refractivity contribution < 1.29 is 23.0 Å². The van der Waals surface area contributed by atoms with Crippen LogP contribution in [0.4, 0.5) is 8.78 Å². The molecule has 34 heavy (non-hydrogen) atoms. The van der Waals surface area contributed by atoms with Crippen LogP contribution in [-0.4, -0.2) is 23.8 Å². The number of esters is 1. The molecule has 1 heterocycles. The Hall–Kier alpha value is -3.67. The summed E-state index contributed by atoms with van der Waals surface area (Å²) in [6.07, 6.45) is -2.67. The van der Waals surface area contributed by atoms with Crippen molar-refractivity contribution >= 4 is 16.9 Å². The SMILES string of the molecule is CCCC(F)(F)Oc1ccc2c(Cc3cccc(C(=O)OC)c3)c(-c3ccccc3)n(C)c2c1. The third-order valence-electron chi connectivity index (χ3n) is 5.86. The zero-order valence-electron chi connectivity index (χ0n) is 19.5. The van der Waals surface area contributed by atoms with Crippen LogP contribution in [0.1, 0.15) is 41.3 Å². The highest BCUT2D eigenvalue weighted by Gasteiger charge is 2.30. The number of aromatic nitrogens is 1. The largest absolute Gasteiger partial charge is 0.465 e. The van der Waals surface area contributed by atoms with E-state index in [1.54, 1.807) is 25.1 Å². The Bertz CT molecular complexity index is 1310. The van der Waals surface area contributed by atoms with Crippen LogP contribution in [0.15, 0.2) is 72.8 Å². The Labute approximate surface area is 197 Å². The highest BCUT2D eigenvalue weighted by Crippen LogP contribution is 2.37. The van der Waals surface area contributed by atoms with E-state index in [1.807, 2.05) is 66.2 Å². The van der Waals surface area contributed by atoms with Gasteiger partial charge in [-0.15, -0.1) is 0 Å². The maximum absolute atomic E-state index is 14.1. The molecule has 0 unspecified atom stereocenters. The smallest absolute Gasteiger partial charge is 0.397 e. The van der Waals surface area contributed by atoms with Gasteiger partial charge in [-0.2, -0.15) is 8.78 Å². The predicted molar refractivity (Wildman–Crippen MR) is 129 cm³/mol. The van der Waals surface area contributed by atoms with Gasteiger partial charge >= 0.3 is 12.1 Å². The van der Waals surface area contributed by atoms with Crippen LogP contribution in [0, 0.1) is 0 Å². The molecule has 0 aliphatic rings. The van der Waals surface area contributed by atoms with E-state index in [0.29, 0.717) is 18.4 Å². The number of fused-ring (bicyclic) bond motifs is 1. The van der Waals surface area contributed by atoms with E-state index in [4.69, 9.17) is 9.47 Å². The summed E-state index contributed by atoms with van der Waals surface area (Å²) in [5.41, 5.74) is 5.26. The van der Waals surface area contributed by atoms with E-state index in [-0.39, 0.29) is 12.2 Å². The van der Waals surface area contributed by atoms with Gasteiger partial charge in [0.1, 0.15) is 5.75 Å². The Morgan fingerprint density at radius 3 is 2.47 bits per heavy atom. The lowest BCUT2D eigenvalue weighted by molar-refractivity contribution is -0.180. The van der Waals surface area contributed by atoms with Crippen LogP contribution in [-0.2, 0) is 18.2 Å². The molecule has 1 aromatic heterocycles. The first-order valence-corrected chi connectivity index (χ1v) is 11.2. The molecule has 6 heteroatoms. The lowest BCUT2D eigenvalue weighted by Crippen LogP contribution is -2.24. The van der Waals surface area contributed by atoms with Gasteiger partial charge in [0, 0.05) is 24.9 Å². The molecule has 0 saturated heterocycles. The molecule has 0 aliphatic heterocycles. The summed E-state index contributed by atoms with van der Waals surface area (Å²) >= 11 is 0. The number of ether oxygens (including phenoxy) is 2. The van der Waals surface area contributed by atoms with Crippen molar-refractivity contribution in [3.8, 4) is 17.0 Å². The molecule has 0 radical (unpaired) electrons. The first-order valence-electron chi connectivity index (χ1n) is 11.2. The maximum Gasteiger partial charge on any atom is 0.397 e. The van der Waals surface area contributed by atoms with E-state index in [1.165, 1.54) is 7.11 Å². The second-order valence-corrected chi connectivity index (χ2v) is 8.29. The zero-order chi connectivity index (χ0) is 24.3. The summed E-state index contributed by atoms with van der Waals surface area (Å²) in [7, 11) is 3.28. The zero-order valence-corrected chi connectivity index (χ0v) is 19.5. The topological polar surface area (TPSA) is 40.5 Å². The van der Waals surface area contributed by atoms with Crippen LogP contribution in [0.3, 0.4) is 0 Å². The molecule has 176 valence electrons. The molecule has 4 rings (SSSR count). The number of methoxy groups -OCH3 is 1. The van der Waals surface area contributed by atoms with Crippen LogP contribution in [0.5, 0.6) is 5.75 Å². The summed E-state index contributed by atoms with van der Waals surface area (Å²) in [4.78, 5) is 12.0. The van der Waals surface area contributed by atoms with Crippen molar-refractivity contribution in [3.63, 3.8) is 0 Å². The Kier molecular flexibility index (Phi) is 6.68. The van der Waals surface area contributed by atoms with E-state index >= 15 is 0 Å². The van der Waals surface area contributed by atoms with Crippen molar-refractivity contribution in [1.29, 1.82) is 0 Å². The van der Waals surface area contributed by atoms with Gasteiger partial charge in [0.05, 0.1) is 30.3 Å². The van der Waals surface area contributed by atoms with E-state index < -0.39 is 12.1 Å². The number of hydrogen-bond donors (Lipinski definition) is 0. The minimum atomic E-state index is -3.22. The highest BCUT2D eigenvalue weighted by atomic mass is 19.3. The average molecular weight is 464 g/mol. The maximum atomic E-state index is 14.1. The third kappa shape index (κ3) is 4.81. The van der Waals surface area contributed by atoms with Crippen molar-refractivity contribution in [1.82, 2.24) is 4.57 Å². The molecule has 0 aliphatic carbocycles. The highest BCUT2D eigenvalue weighted by molar-refractivity contribution is 5.93. The Morgan fingerprint density at radius 1 is 1.00 bits per heavy atom. The molecule has 3 aromatic carbocycles. The second-order valence-electron chi connectivity index (χ2n) is 8.29. The van der Waals surface area contributed by atoms with E-state index in [2.05, 4.69) is 0 Å². The molecule has 4 aromatic rings. The van der Waals surface area contributed by atoms with Crippen LogP contribution in [0.25, 0.3) is 22.2 Å². The summed E-state index contributed by atoms with van der Waals surface area (Å²) < 4.78 is 40.1. The first kappa shape index (κ1) is 23.5. The monoisotopic (exact) mass is 463 g/mol. The van der Waals surface area contributed by atoms with Crippen LogP contribution < -0.4 is 4.74 Å². The molecule has 0 atom stereocenters. The van der Waals surface area contributed by atoms with Gasteiger partial charge < -0.3 is 14.0 Å². The molecular formula is C28H27F2NO3. The van der Waals surface area contributed by atoms with Gasteiger partial charge in [-0.05, 0) is 47.4 Å². The van der Waals surface area contributed by atoms with E-state index in [0.717, 1.165) is 33.3 Å². The van der Waals surface area contributed by atoms with E-state index in [9.17, 15) is 13.6 Å². The quantitative estimate of drug-likeness (QED) is 0.264. The molecule has 4 nitrogen and oxygen atoms in total. The Morgan fingerprint density at radius 2 is 1.76 bits per heavy atom. The van der Waals surface area contributed by atoms with Gasteiger partial charge in [-0.3, -0.25) is 0 Å². The summed E-state index contributed by atoms with van der Waals surface area (Å²) in [5.74, 6) is -0.261. The number of hydrogen-bond acceptors (Lipinski definition) is 3. The molecule has 0 amide bonds. The lowest BCUT2D eigenvalue weighted by Gasteiger charge is -2.17. The lowest BCUT2D eigenvalue weighted by atomic mass is 9.97. The fourth-order valence-corrected chi connectivity index (χ4v) is 4.35. The number of carbonyl (C=O) groups is 1. The fourth-order valence-electron chi connectivity index (χ4n) is 4.35.